The van der Waals surface area contributed by atoms with Gasteiger partial charge < -0.3 is 10.2 Å². The van der Waals surface area contributed by atoms with E-state index >= 15 is 0 Å². The van der Waals surface area contributed by atoms with Crippen LogP contribution in [0.2, 0.25) is 0 Å². The van der Waals surface area contributed by atoms with Crippen LogP contribution in [0.5, 0.6) is 0 Å². The number of aromatic amines is 1. The van der Waals surface area contributed by atoms with Crippen LogP contribution in [0.4, 0.5) is 24.8 Å². The van der Waals surface area contributed by atoms with E-state index in [2.05, 4.69) is 10.2 Å². The molecule has 2 atom stereocenters. The van der Waals surface area contributed by atoms with Crippen LogP contribution in [0.3, 0.4) is 0 Å². The Hall–Kier alpha value is -4.39. The van der Waals surface area contributed by atoms with E-state index in [0.29, 0.717) is 0 Å². The SMILES string of the molecule is CC1=C(C#N)C(c2ccc(C#N)cc2[C@@H](O)CO)n2c(n[nH]c2=O)N1c1cccc(C(F)(F)F)c1. The lowest BCUT2D eigenvalue weighted by Crippen LogP contribution is -2.35. The van der Waals surface area contributed by atoms with Crippen molar-refractivity contribution < 1.29 is 23.4 Å². The third-order valence-electron chi connectivity index (χ3n) is 5.74. The van der Waals surface area contributed by atoms with Crippen LogP contribution in [0, 0.1) is 22.7 Å². The molecule has 0 radical (unpaired) electrons. The summed E-state index contributed by atoms with van der Waals surface area (Å²) in [7, 11) is 0. The molecule has 3 aromatic rings. The number of aliphatic hydroxyl groups excluding tert-OH is 2. The van der Waals surface area contributed by atoms with E-state index in [1.165, 1.54) is 42.2 Å². The average Bonchev–Trinajstić information content (AvgIpc) is 3.22. The molecule has 0 saturated carbocycles. The van der Waals surface area contributed by atoms with Crippen molar-refractivity contribution in [1.29, 1.82) is 10.5 Å². The summed E-state index contributed by atoms with van der Waals surface area (Å²) in [5, 5.41) is 45.5. The van der Waals surface area contributed by atoms with Crippen LogP contribution < -0.4 is 10.6 Å². The summed E-state index contributed by atoms with van der Waals surface area (Å²) >= 11 is 0. The molecule has 0 spiro atoms. The topological polar surface area (TPSA) is 142 Å². The molecule has 1 aromatic heterocycles. The van der Waals surface area contributed by atoms with Crippen molar-refractivity contribution in [3.8, 4) is 12.1 Å². The molecule has 4 rings (SSSR count). The fourth-order valence-electron chi connectivity index (χ4n) is 4.13. The van der Waals surface area contributed by atoms with Crippen molar-refractivity contribution in [3.63, 3.8) is 0 Å². The third-order valence-corrected chi connectivity index (χ3v) is 5.74. The number of aliphatic hydroxyl groups is 2. The number of anilines is 2. The predicted molar refractivity (Wildman–Crippen MR) is 116 cm³/mol. The smallest absolute Gasteiger partial charge is 0.393 e. The van der Waals surface area contributed by atoms with E-state index in [0.717, 1.165) is 16.7 Å². The Morgan fingerprint density at radius 1 is 1.20 bits per heavy atom. The third kappa shape index (κ3) is 3.95. The van der Waals surface area contributed by atoms with Gasteiger partial charge in [0.2, 0.25) is 5.95 Å². The van der Waals surface area contributed by atoms with E-state index in [9.17, 15) is 38.7 Å². The maximum absolute atomic E-state index is 13.3. The molecule has 9 nitrogen and oxygen atoms in total. The van der Waals surface area contributed by atoms with Crippen LogP contribution >= 0.6 is 0 Å². The highest BCUT2D eigenvalue weighted by atomic mass is 19.4. The second-order valence-electron chi connectivity index (χ2n) is 7.75. The van der Waals surface area contributed by atoms with Gasteiger partial charge in [-0.25, -0.2) is 14.5 Å². The minimum Gasteiger partial charge on any atom is -0.393 e. The zero-order valence-corrected chi connectivity index (χ0v) is 18.1. The Balaban J connectivity index is 2.00. The van der Waals surface area contributed by atoms with Crippen molar-refractivity contribution in [2.75, 3.05) is 11.5 Å². The fraction of sp³-hybridized carbons (Fsp3) is 0.217. The highest BCUT2D eigenvalue weighted by molar-refractivity contribution is 5.69. The molecule has 0 fully saturated rings. The summed E-state index contributed by atoms with van der Waals surface area (Å²) < 4.78 is 41.1. The number of aromatic nitrogens is 3. The molecule has 0 bridgehead atoms. The molecule has 178 valence electrons. The Morgan fingerprint density at radius 2 is 1.94 bits per heavy atom. The van der Waals surface area contributed by atoms with Gasteiger partial charge in [-0.2, -0.15) is 23.7 Å². The van der Waals surface area contributed by atoms with Gasteiger partial charge in [-0.1, -0.05) is 12.1 Å². The zero-order valence-electron chi connectivity index (χ0n) is 18.1. The molecule has 1 aliphatic heterocycles. The second-order valence-corrected chi connectivity index (χ2v) is 7.75. The van der Waals surface area contributed by atoms with Gasteiger partial charge in [0.25, 0.3) is 0 Å². The van der Waals surface area contributed by atoms with Crippen molar-refractivity contribution in [1.82, 2.24) is 14.8 Å². The first-order valence-corrected chi connectivity index (χ1v) is 10.2. The Morgan fingerprint density at radius 3 is 2.57 bits per heavy atom. The van der Waals surface area contributed by atoms with E-state index in [-0.39, 0.29) is 39.6 Å². The molecule has 2 heterocycles. The largest absolute Gasteiger partial charge is 0.416 e. The highest BCUT2D eigenvalue weighted by Crippen LogP contribution is 2.43. The molecule has 0 amide bonds. The molecule has 0 aliphatic carbocycles. The molecule has 0 saturated heterocycles. The lowest BCUT2D eigenvalue weighted by atomic mass is 9.89. The van der Waals surface area contributed by atoms with Gasteiger partial charge in [0.15, 0.2) is 0 Å². The first-order chi connectivity index (χ1) is 16.6. The van der Waals surface area contributed by atoms with E-state index in [4.69, 9.17) is 0 Å². The van der Waals surface area contributed by atoms with E-state index in [1.54, 1.807) is 0 Å². The lowest BCUT2D eigenvalue weighted by molar-refractivity contribution is -0.137. The molecule has 35 heavy (non-hydrogen) atoms. The van der Waals surface area contributed by atoms with Crippen molar-refractivity contribution >= 4 is 11.6 Å². The number of nitrogens with zero attached hydrogens (tertiary/aromatic N) is 5. The highest BCUT2D eigenvalue weighted by Gasteiger charge is 2.38. The Labute approximate surface area is 196 Å². The molecule has 3 N–H and O–H groups in total. The Bertz CT molecular complexity index is 1480. The average molecular weight is 482 g/mol. The maximum Gasteiger partial charge on any atom is 0.416 e. The quantitative estimate of drug-likeness (QED) is 0.519. The van der Waals surface area contributed by atoms with Gasteiger partial charge in [-0.15, -0.1) is 5.10 Å². The van der Waals surface area contributed by atoms with E-state index < -0.39 is 36.2 Å². The maximum atomic E-state index is 13.3. The number of fused-ring (bicyclic) bond motifs is 1. The standard InChI is InChI=1S/C23H17F3N6O3/c1-12-18(10-28)20(16-6-5-13(9-27)7-17(16)19(34)11-33)32-21(29-30-22(32)35)31(12)15-4-2-3-14(8-15)23(24,25)26/h2-8,19-20,33-34H,11H2,1H3,(H,30,35)/t19-,20?/m0/s1. The van der Waals surface area contributed by atoms with Crippen molar-refractivity contribution in [3.05, 3.63) is 86.5 Å². The minimum atomic E-state index is -4.62. The molecule has 12 heteroatoms. The second kappa shape index (κ2) is 8.76. The molecular formula is C23H17F3N6O3. The minimum absolute atomic E-state index is 0.00508. The van der Waals surface area contributed by atoms with Gasteiger partial charge in [0, 0.05) is 11.4 Å². The number of alkyl halides is 3. The first-order valence-electron chi connectivity index (χ1n) is 10.2. The monoisotopic (exact) mass is 482 g/mol. The van der Waals surface area contributed by atoms with Crippen LogP contribution in [0.1, 0.15) is 41.3 Å². The number of hydrogen-bond donors (Lipinski definition) is 3. The van der Waals surface area contributed by atoms with Crippen LogP contribution in [0.15, 0.2) is 58.5 Å². The zero-order chi connectivity index (χ0) is 25.5. The van der Waals surface area contributed by atoms with Crippen LogP contribution in [-0.4, -0.2) is 31.6 Å². The van der Waals surface area contributed by atoms with Crippen molar-refractivity contribution in [2.24, 2.45) is 0 Å². The van der Waals surface area contributed by atoms with Gasteiger partial charge in [-0.3, -0.25) is 4.90 Å². The first kappa shape index (κ1) is 23.8. The van der Waals surface area contributed by atoms with Gasteiger partial charge in [0.1, 0.15) is 12.1 Å². The summed E-state index contributed by atoms with van der Waals surface area (Å²) in [6.07, 6.45) is -6.04. The normalized spacial score (nSPS) is 16.5. The summed E-state index contributed by atoms with van der Waals surface area (Å²) in [5.74, 6) is -0.0791. The predicted octanol–water partition coefficient (Wildman–Crippen LogP) is 3.03. The number of hydrogen-bond acceptors (Lipinski definition) is 7. The summed E-state index contributed by atoms with van der Waals surface area (Å²) in [4.78, 5) is 14.1. The van der Waals surface area contributed by atoms with Crippen LogP contribution in [0.25, 0.3) is 0 Å². The van der Waals surface area contributed by atoms with Crippen LogP contribution in [-0.2, 0) is 6.18 Å². The van der Waals surface area contributed by atoms with Gasteiger partial charge in [0.05, 0.1) is 35.4 Å². The molecule has 2 aromatic carbocycles. The van der Waals surface area contributed by atoms with Crippen molar-refractivity contribution in [2.45, 2.75) is 25.2 Å². The lowest BCUT2D eigenvalue weighted by Gasteiger charge is -2.35. The number of rotatable bonds is 4. The number of nitrogens with one attached hydrogen (secondary N) is 1. The summed E-state index contributed by atoms with van der Waals surface area (Å²) in [5.41, 5.74) is -0.912. The number of benzene rings is 2. The number of halogens is 3. The van der Waals surface area contributed by atoms with Gasteiger partial charge in [-0.05, 0) is 48.4 Å². The molecule has 1 unspecified atom stereocenters. The molecular weight excluding hydrogens is 465 g/mol. The summed E-state index contributed by atoms with van der Waals surface area (Å²) in [6, 6.07) is 11.4. The molecule has 1 aliphatic rings. The number of nitriles is 2. The van der Waals surface area contributed by atoms with Gasteiger partial charge >= 0.3 is 11.9 Å². The van der Waals surface area contributed by atoms with E-state index in [1.807, 2.05) is 12.1 Å². The Kier molecular flexibility index (Phi) is 5.94. The number of H-pyrrole nitrogens is 1. The summed E-state index contributed by atoms with van der Waals surface area (Å²) in [6.45, 7) is 0.808. The fourth-order valence-corrected chi connectivity index (χ4v) is 4.13. The number of allylic oxidation sites excluding steroid dienone is 2.